The van der Waals surface area contributed by atoms with Crippen LogP contribution >= 0.6 is 11.6 Å². The van der Waals surface area contributed by atoms with Gasteiger partial charge in [-0.3, -0.25) is 0 Å². The molecule has 13 heavy (non-hydrogen) atoms. The molecular formula is C8H8ClN3O. The lowest BCUT2D eigenvalue weighted by molar-refractivity contribution is 0.187. The summed E-state index contributed by atoms with van der Waals surface area (Å²) in [6, 6.07) is 6.74. The van der Waals surface area contributed by atoms with Gasteiger partial charge in [-0.1, -0.05) is 28.8 Å². The van der Waals surface area contributed by atoms with E-state index in [1.807, 2.05) is 0 Å². The number of hydrogen-bond acceptors (Lipinski definition) is 2. The van der Waals surface area contributed by atoms with Crippen LogP contribution in [0.5, 0.6) is 0 Å². The van der Waals surface area contributed by atoms with Crippen LogP contribution in [0.1, 0.15) is 11.7 Å². The monoisotopic (exact) mass is 197 g/mol. The Morgan fingerprint density at radius 3 is 2.62 bits per heavy atom. The molecule has 0 aliphatic rings. The largest absolute Gasteiger partial charge is 0.388 e. The molecule has 1 N–H and O–H groups in total. The first-order chi connectivity index (χ1) is 6.24. The number of nitrogens with zero attached hydrogens (tertiary/aromatic N) is 3. The van der Waals surface area contributed by atoms with Crippen molar-refractivity contribution in [3.63, 3.8) is 0 Å². The summed E-state index contributed by atoms with van der Waals surface area (Å²) >= 11 is 5.66. The van der Waals surface area contributed by atoms with Crippen molar-refractivity contribution in [2.75, 3.05) is 6.54 Å². The van der Waals surface area contributed by atoms with E-state index >= 15 is 0 Å². The first-order valence-corrected chi connectivity index (χ1v) is 4.06. The second-order valence-electron chi connectivity index (χ2n) is 2.48. The van der Waals surface area contributed by atoms with Crippen LogP contribution < -0.4 is 0 Å². The maximum Gasteiger partial charge on any atom is 0.0846 e. The highest BCUT2D eigenvalue weighted by atomic mass is 35.5. The maximum absolute atomic E-state index is 9.43. The quantitative estimate of drug-likeness (QED) is 0.452. The average Bonchev–Trinajstić information content (AvgIpc) is 2.15. The van der Waals surface area contributed by atoms with Crippen LogP contribution in [0.2, 0.25) is 5.02 Å². The van der Waals surface area contributed by atoms with E-state index in [9.17, 15) is 5.11 Å². The van der Waals surface area contributed by atoms with Gasteiger partial charge in [-0.2, -0.15) is 0 Å². The summed E-state index contributed by atoms with van der Waals surface area (Å²) in [6.45, 7) is 0.0398. The van der Waals surface area contributed by atoms with E-state index in [2.05, 4.69) is 10.0 Å². The van der Waals surface area contributed by atoms with Gasteiger partial charge in [0.2, 0.25) is 0 Å². The number of hydrogen-bond donors (Lipinski definition) is 1. The zero-order valence-electron chi connectivity index (χ0n) is 6.76. The SMILES string of the molecule is [N-]=[N+]=NC[C@H](O)c1ccc(Cl)cc1. The number of aliphatic hydroxyl groups excluding tert-OH is 1. The molecule has 0 aliphatic carbocycles. The molecule has 0 aliphatic heterocycles. The van der Waals surface area contributed by atoms with Crippen LogP contribution in [0, 0.1) is 0 Å². The molecule has 4 nitrogen and oxygen atoms in total. The molecule has 0 saturated heterocycles. The van der Waals surface area contributed by atoms with Crippen molar-refractivity contribution < 1.29 is 5.11 Å². The van der Waals surface area contributed by atoms with Crippen molar-refractivity contribution in [1.29, 1.82) is 0 Å². The third-order valence-electron chi connectivity index (χ3n) is 1.57. The predicted octanol–water partition coefficient (Wildman–Crippen LogP) is 2.68. The first kappa shape index (κ1) is 9.86. The van der Waals surface area contributed by atoms with Gasteiger partial charge in [-0.25, -0.2) is 0 Å². The smallest absolute Gasteiger partial charge is 0.0846 e. The van der Waals surface area contributed by atoms with E-state index in [1.165, 1.54) is 0 Å². The predicted molar refractivity (Wildman–Crippen MR) is 50.4 cm³/mol. The Bertz CT molecular complexity index is 319. The van der Waals surface area contributed by atoms with E-state index in [-0.39, 0.29) is 6.54 Å². The Morgan fingerprint density at radius 2 is 2.08 bits per heavy atom. The summed E-state index contributed by atoms with van der Waals surface area (Å²) in [7, 11) is 0. The van der Waals surface area contributed by atoms with E-state index in [1.54, 1.807) is 24.3 Å². The van der Waals surface area contributed by atoms with Crippen molar-refractivity contribution in [2.45, 2.75) is 6.10 Å². The minimum Gasteiger partial charge on any atom is -0.388 e. The minimum absolute atomic E-state index is 0.0398. The van der Waals surface area contributed by atoms with Crippen LogP contribution in [0.4, 0.5) is 0 Å². The number of benzene rings is 1. The number of aliphatic hydroxyl groups is 1. The maximum atomic E-state index is 9.43. The minimum atomic E-state index is -0.756. The van der Waals surface area contributed by atoms with Gasteiger partial charge >= 0.3 is 0 Å². The van der Waals surface area contributed by atoms with Gasteiger partial charge in [0.15, 0.2) is 0 Å². The summed E-state index contributed by atoms with van der Waals surface area (Å²) < 4.78 is 0. The number of halogens is 1. The van der Waals surface area contributed by atoms with Crippen LogP contribution in [-0.4, -0.2) is 11.7 Å². The molecule has 0 bridgehead atoms. The van der Waals surface area contributed by atoms with Gasteiger partial charge in [0.25, 0.3) is 0 Å². The van der Waals surface area contributed by atoms with Gasteiger partial charge in [0.05, 0.1) is 12.6 Å². The summed E-state index contributed by atoms with van der Waals surface area (Å²) in [6.07, 6.45) is -0.756. The van der Waals surface area contributed by atoms with Gasteiger partial charge in [-0.15, -0.1) is 0 Å². The summed E-state index contributed by atoms with van der Waals surface area (Å²) in [5, 5.41) is 13.3. The number of azide groups is 1. The molecule has 1 atom stereocenters. The fraction of sp³-hybridized carbons (Fsp3) is 0.250. The molecule has 68 valence electrons. The van der Waals surface area contributed by atoms with Crippen molar-refractivity contribution in [1.82, 2.24) is 0 Å². The zero-order valence-corrected chi connectivity index (χ0v) is 7.52. The number of rotatable bonds is 3. The first-order valence-electron chi connectivity index (χ1n) is 3.68. The highest BCUT2D eigenvalue weighted by Crippen LogP contribution is 2.16. The average molecular weight is 198 g/mol. The molecular weight excluding hydrogens is 190 g/mol. The van der Waals surface area contributed by atoms with Gasteiger partial charge in [0.1, 0.15) is 0 Å². The lowest BCUT2D eigenvalue weighted by Crippen LogP contribution is -1.99. The van der Waals surface area contributed by atoms with Crippen molar-refractivity contribution in [3.8, 4) is 0 Å². The Balaban J connectivity index is 2.71. The molecule has 0 heterocycles. The molecule has 0 fully saturated rings. The van der Waals surface area contributed by atoms with Gasteiger partial charge < -0.3 is 5.11 Å². The van der Waals surface area contributed by atoms with E-state index in [4.69, 9.17) is 17.1 Å². The van der Waals surface area contributed by atoms with Crippen LogP contribution in [-0.2, 0) is 0 Å². The van der Waals surface area contributed by atoms with Gasteiger partial charge in [-0.05, 0) is 23.2 Å². The molecule has 1 aromatic carbocycles. The molecule has 0 amide bonds. The molecule has 1 aromatic rings. The normalized spacial score (nSPS) is 11.8. The molecule has 0 aromatic heterocycles. The Kier molecular flexibility index (Phi) is 3.58. The second-order valence-corrected chi connectivity index (χ2v) is 2.92. The Hall–Kier alpha value is -1.22. The van der Waals surface area contributed by atoms with Crippen LogP contribution in [0.15, 0.2) is 29.4 Å². The summed E-state index contributed by atoms with van der Waals surface area (Å²) in [5.41, 5.74) is 8.72. The van der Waals surface area contributed by atoms with Gasteiger partial charge in [0, 0.05) is 9.93 Å². The van der Waals surface area contributed by atoms with Crippen LogP contribution in [0.25, 0.3) is 10.4 Å². The Morgan fingerprint density at radius 1 is 1.46 bits per heavy atom. The fourth-order valence-electron chi connectivity index (χ4n) is 0.904. The molecule has 5 heteroatoms. The van der Waals surface area contributed by atoms with Crippen molar-refractivity contribution in [3.05, 3.63) is 45.3 Å². The third kappa shape index (κ3) is 2.95. The highest BCUT2D eigenvalue weighted by molar-refractivity contribution is 6.30. The van der Waals surface area contributed by atoms with Crippen molar-refractivity contribution >= 4 is 11.6 Å². The lowest BCUT2D eigenvalue weighted by Gasteiger charge is -2.06. The van der Waals surface area contributed by atoms with Crippen molar-refractivity contribution in [2.24, 2.45) is 5.11 Å². The topological polar surface area (TPSA) is 69.0 Å². The highest BCUT2D eigenvalue weighted by Gasteiger charge is 2.04. The lowest BCUT2D eigenvalue weighted by atomic mass is 10.1. The molecule has 0 unspecified atom stereocenters. The van der Waals surface area contributed by atoms with E-state index < -0.39 is 6.10 Å². The van der Waals surface area contributed by atoms with E-state index in [0.29, 0.717) is 10.6 Å². The fourth-order valence-corrected chi connectivity index (χ4v) is 1.03. The molecule has 0 spiro atoms. The molecule has 1 rings (SSSR count). The zero-order chi connectivity index (χ0) is 9.68. The van der Waals surface area contributed by atoms with Crippen LogP contribution in [0.3, 0.4) is 0 Å². The van der Waals surface area contributed by atoms with E-state index in [0.717, 1.165) is 0 Å². The summed E-state index contributed by atoms with van der Waals surface area (Å²) in [4.78, 5) is 2.56. The molecule has 0 saturated carbocycles. The second kappa shape index (κ2) is 4.72. The standard InChI is InChI=1S/C8H8ClN3O/c9-7-3-1-6(2-4-7)8(13)5-11-12-10/h1-4,8,13H,5H2/t8-/m0/s1. The Labute approximate surface area is 80.4 Å². The summed E-state index contributed by atoms with van der Waals surface area (Å²) in [5.74, 6) is 0. The third-order valence-corrected chi connectivity index (χ3v) is 1.82. The molecule has 0 radical (unpaired) electrons.